The predicted molar refractivity (Wildman–Crippen MR) is 106 cm³/mol. The number of fused-ring (bicyclic) bond motifs is 1. The largest absolute Gasteiger partial charge is 0.467 e. The van der Waals surface area contributed by atoms with E-state index in [0.29, 0.717) is 24.7 Å². The molecule has 0 fully saturated rings. The maximum absolute atomic E-state index is 13.0. The molecule has 2 aromatic heterocycles. The molecular formula is C21H18FN5O. The van der Waals surface area contributed by atoms with Gasteiger partial charge in [-0.1, -0.05) is 30.3 Å². The van der Waals surface area contributed by atoms with E-state index in [1.807, 2.05) is 30.3 Å². The molecule has 140 valence electrons. The number of pyridine rings is 1. The number of hydrogen-bond donors (Lipinski definition) is 1. The average molecular weight is 375 g/mol. The number of ether oxygens (including phenoxy) is 1. The summed E-state index contributed by atoms with van der Waals surface area (Å²) in [6, 6.07) is 16.3. The van der Waals surface area contributed by atoms with Gasteiger partial charge in [0.05, 0.1) is 12.6 Å². The summed E-state index contributed by atoms with van der Waals surface area (Å²) in [5.74, 6) is 0.688. The van der Waals surface area contributed by atoms with Crippen LogP contribution >= 0.6 is 0 Å². The van der Waals surface area contributed by atoms with E-state index in [1.54, 1.807) is 18.3 Å². The number of hydrogen-bond acceptors (Lipinski definition) is 6. The summed E-state index contributed by atoms with van der Waals surface area (Å²) < 4.78 is 18.3. The van der Waals surface area contributed by atoms with Gasteiger partial charge in [0.1, 0.15) is 5.82 Å². The molecule has 7 heteroatoms. The van der Waals surface area contributed by atoms with Gasteiger partial charge >= 0.3 is 6.01 Å². The highest BCUT2D eigenvalue weighted by Gasteiger charge is 2.12. The Kier molecular flexibility index (Phi) is 5.05. The number of benzene rings is 2. The number of nitrogens with one attached hydrogen (secondary N) is 1. The first-order valence-corrected chi connectivity index (χ1v) is 8.85. The zero-order valence-corrected chi connectivity index (χ0v) is 15.3. The molecule has 0 atom stereocenters. The summed E-state index contributed by atoms with van der Waals surface area (Å²) >= 11 is 0. The van der Waals surface area contributed by atoms with E-state index in [-0.39, 0.29) is 11.8 Å². The number of anilines is 1. The Balaban J connectivity index is 1.60. The molecule has 28 heavy (non-hydrogen) atoms. The number of halogens is 1. The van der Waals surface area contributed by atoms with Gasteiger partial charge in [0.2, 0.25) is 5.95 Å². The molecular weight excluding hydrogens is 357 g/mol. The van der Waals surface area contributed by atoms with Crippen molar-refractivity contribution in [2.45, 2.75) is 6.42 Å². The van der Waals surface area contributed by atoms with Crippen molar-refractivity contribution in [1.29, 1.82) is 0 Å². The summed E-state index contributed by atoms with van der Waals surface area (Å²) in [6.45, 7) is 0.593. The van der Waals surface area contributed by atoms with Crippen LogP contribution in [-0.2, 0) is 6.42 Å². The molecule has 0 aliphatic carbocycles. The minimum atomic E-state index is -0.242. The van der Waals surface area contributed by atoms with Crippen LogP contribution < -0.4 is 10.1 Å². The summed E-state index contributed by atoms with van der Waals surface area (Å²) in [4.78, 5) is 17.6. The molecule has 4 rings (SSSR count). The summed E-state index contributed by atoms with van der Waals surface area (Å²) in [5.41, 5.74) is 2.74. The molecule has 6 nitrogen and oxygen atoms in total. The maximum atomic E-state index is 13.0. The molecule has 0 aliphatic heterocycles. The Labute approximate surface area is 161 Å². The Hall–Kier alpha value is -3.61. The topological polar surface area (TPSA) is 72.8 Å². The van der Waals surface area contributed by atoms with Crippen molar-refractivity contribution in [3.8, 4) is 17.4 Å². The molecule has 0 unspecified atom stereocenters. The molecule has 4 aromatic rings. The monoisotopic (exact) mass is 375 g/mol. The van der Waals surface area contributed by atoms with Crippen molar-refractivity contribution in [1.82, 2.24) is 19.9 Å². The van der Waals surface area contributed by atoms with E-state index in [1.165, 1.54) is 19.2 Å². The fraction of sp³-hybridized carbons (Fsp3) is 0.143. The standard InChI is InChI=1S/C21H18FN5O/c1-28-21-26-19(17-4-2-6-18-16(17)5-3-12-23-18)25-20(27-21)24-13-11-14-7-9-15(22)10-8-14/h2-10,12H,11,13H2,1H3,(H,24,25,26,27). The van der Waals surface area contributed by atoms with Crippen molar-refractivity contribution in [3.63, 3.8) is 0 Å². The van der Waals surface area contributed by atoms with Gasteiger partial charge in [0.15, 0.2) is 5.82 Å². The van der Waals surface area contributed by atoms with Crippen molar-refractivity contribution >= 4 is 16.9 Å². The molecule has 2 heterocycles. The molecule has 0 aliphatic rings. The smallest absolute Gasteiger partial charge is 0.321 e. The molecule has 2 aromatic carbocycles. The van der Waals surface area contributed by atoms with Crippen LogP contribution in [0.25, 0.3) is 22.3 Å². The molecule has 0 amide bonds. The molecule has 0 saturated heterocycles. The number of nitrogens with zero attached hydrogens (tertiary/aromatic N) is 4. The van der Waals surface area contributed by atoms with E-state index in [9.17, 15) is 4.39 Å². The third kappa shape index (κ3) is 3.88. The van der Waals surface area contributed by atoms with Crippen molar-refractivity contribution < 1.29 is 9.13 Å². The quantitative estimate of drug-likeness (QED) is 0.551. The minimum Gasteiger partial charge on any atom is -0.467 e. The summed E-state index contributed by atoms with van der Waals surface area (Å²) in [7, 11) is 1.52. The van der Waals surface area contributed by atoms with Crippen molar-refractivity contribution in [2.75, 3.05) is 19.0 Å². The van der Waals surface area contributed by atoms with E-state index >= 15 is 0 Å². The third-order valence-corrected chi connectivity index (χ3v) is 4.29. The molecule has 0 spiro atoms. The van der Waals surface area contributed by atoms with Crippen LogP contribution in [0.1, 0.15) is 5.56 Å². The van der Waals surface area contributed by atoms with E-state index in [4.69, 9.17) is 4.74 Å². The van der Waals surface area contributed by atoms with E-state index < -0.39 is 0 Å². The lowest BCUT2D eigenvalue weighted by atomic mass is 10.1. The van der Waals surface area contributed by atoms with Gasteiger partial charge in [-0.25, -0.2) is 4.39 Å². The van der Waals surface area contributed by atoms with E-state index in [0.717, 1.165) is 22.0 Å². The number of aromatic nitrogens is 4. The van der Waals surface area contributed by atoms with Crippen molar-refractivity contribution in [2.24, 2.45) is 0 Å². The SMILES string of the molecule is COc1nc(NCCc2ccc(F)cc2)nc(-c2cccc3ncccc23)n1. The van der Waals surface area contributed by atoms with Gasteiger partial charge in [-0.3, -0.25) is 4.98 Å². The van der Waals surface area contributed by atoms with Gasteiger partial charge in [-0.15, -0.1) is 0 Å². The van der Waals surface area contributed by atoms with Gasteiger partial charge in [-0.05, 0) is 36.2 Å². The summed E-state index contributed by atoms with van der Waals surface area (Å²) in [6.07, 6.45) is 2.46. The zero-order valence-electron chi connectivity index (χ0n) is 15.3. The van der Waals surface area contributed by atoms with Crippen LogP contribution in [0.15, 0.2) is 60.8 Å². The van der Waals surface area contributed by atoms with Gasteiger partial charge in [0, 0.05) is 23.7 Å². The highest BCUT2D eigenvalue weighted by atomic mass is 19.1. The highest BCUT2D eigenvalue weighted by molar-refractivity contribution is 5.92. The van der Waals surface area contributed by atoms with Crippen LogP contribution in [0, 0.1) is 5.82 Å². The Morgan fingerprint density at radius 1 is 0.964 bits per heavy atom. The molecule has 0 bridgehead atoms. The molecule has 0 saturated carbocycles. The molecule has 0 radical (unpaired) electrons. The predicted octanol–water partition coefficient (Wildman–Crippen LogP) is 3.89. The van der Waals surface area contributed by atoms with Crippen LogP contribution in [0.4, 0.5) is 10.3 Å². The Bertz CT molecular complexity index is 1100. The average Bonchev–Trinajstić information content (AvgIpc) is 2.74. The normalized spacial score (nSPS) is 10.8. The van der Waals surface area contributed by atoms with Gasteiger partial charge in [0.25, 0.3) is 0 Å². The van der Waals surface area contributed by atoms with Crippen molar-refractivity contribution in [3.05, 3.63) is 72.2 Å². The van der Waals surface area contributed by atoms with Gasteiger partial charge in [-0.2, -0.15) is 15.0 Å². The second-order valence-corrected chi connectivity index (χ2v) is 6.15. The Morgan fingerprint density at radius 2 is 1.82 bits per heavy atom. The second-order valence-electron chi connectivity index (χ2n) is 6.15. The minimum absolute atomic E-state index is 0.232. The first kappa shape index (κ1) is 17.8. The summed E-state index contributed by atoms with van der Waals surface area (Å²) in [5, 5.41) is 4.14. The fourth-order valence-electron chi connectivity index (χ4n) is 2.92. The van der Waals surface area contributed by atoms with Crippen LogP contribution in [-0.4, -0.2) is 33.6 Å². The lowest BCUT2D eigenvalue weighted by Crippen LogP contribution is -2.10. The van der Waals surface area contributed by atoms with Crippen LogP contribution in [0.5, 0.6) is 6.01 Å². The zero-order chi connectivity index (χ0) is 19.3. The molecule has 1 N–H and O–H groups in total. The lowest BCUT2D eigenvalue weighted by Gasteiger charge is -2.10. The first-order valence-electron chi connectivity index (χ1n) is 8.85. The third-order valence-electron chi connectivity index (χ3n) is 4.29. The Morgan fingerprint density at radius 3 is 2.64 bits per heavy atom. The highest BCUT2D eigenvalue weighted by Crippen LogP contribution is 2.26. The first-order chi connectivity index (χ1) is 13.7. The van der Waals surface area contributed by atoms with Crippen LogP contribution in [0.2, 0.25) is 0 Å². The fourth-order valence-corrected chi connectivity index (χ4v) is 2.92. The second kappa shape index (κ2) is 7.96. The van der Waals surface area contributed by atoms with Crippen LogP contribution in [0.3, 0.4) is 0 Å². The number of rotatable bonds is 6. The maximum Gasteiger partial charge on any atom is 0.321 e. The lowest BCUT2D eigenvalue weighted by molar-refractivity contribution is 0.379. The van der Waals surface area contributed by atoms with E-state index in [2.05, 4.69) is 25.3 Å². The number of methoxy groups -OCH3 is 1. The van der Waals surface area contributed by atoms with Gasteiger partial charge < -0.3 is 10.1 Å².